The van der Waals surface area contributed by atoms with Gasteiger partial charge in [-0.1, -0.05) is 111 Å². The van der Waals surface area contributed by atoms with Gasteiger partial charge >= 0.3 is 0 Å². The van der Waals surface area contributed by atoms with Crippen molar-refractivity contribution in [3.05, 3.63) is 17.5 Å². The lowest BCUT2D eigenvalue weighted by Crippen LogP contribution is -2.40. The van der Waals surface area contributed by atoms with E-state index in [2.05, 4.69) is 69.2 Å². The molecule has 220 valence electrons. The van der Waals surface area contributed by atoms with Crippen molar-refractivity contribution >= 4 is 17.9 Å². The number of piperidine rings is 1. The predicted molar refractivity (Wildman–Crippen MR) is 164 cm³/mol. The Morgan fingerprint density at radius 3 is 2.05 bits per heavy atom. The van der Waals surface area contributed by atoms with Crippen molar-refractivity contribution in [2.45, 2.75) is 132 Å². The zero-order chi connectivity index (χ0) is 28.6. The molecular formula is C30H62N4O2S. The van der Waals surface area contributed by atoms with Crippen molar-refractivity contribution in [3.8, 4) is 0 Å². The van der Waals surface area contributed by atoms with Crippen LogP contribution < -0.4 is 5.73 Å². The van der Waals surface area contributed by atoms with E-state index in [0.29, 0.717) is 5.92 Å². The van der Waals surface area contributed by atoms with E-state index in [4.69, 9.17) is 10.3 Å². The van der Waals surface area contributed by atoms with E-state index < -0.39 is 5.91 Å². The molecule has 1 aromatic heterocycles. The highest BCUT2D eigenvalue weighted by molar-refractivity contribution is 7.96. The zero-order valence-corrected chi connectivity index (χ0v) is 27.0. The fraction of sp³-hybridized carbons (Fsp3) is 0.867. The average Bonchev–Trinajstić information content (AvgIpc) is 3.65. The van der Waals surface area contributed by atoms with Crippen molar-refractivity contribution in [1.82, 2.24) is 14.4 Å². The van der Waals surface area contributed by atoms with Crippen LogP contribution in [0.15, 0.2) is 10.6 Å². The summed E-state index contributed by atoms with van der Waals surface area (Å²) in [5, 5.41) is 3.53. The van der Waals surface area contributed by atoms with Gasteiger partial charge in [0.2, 0.25) is 0 Å². The Balaban J connectivity index is 0. The molecule has 37 heavy (non-hydrogen) atoms. The minimum absolute atomic E-state index is 0.229. The third kappa shape index (κ3) is 19.6. The van der Waals surface area contributed by atoms with Crippen LogP contribution in [0.3, 0.4) is 0 Å². The SMILES string of the molecule is CC.CCC.CCCC[C@H](C)CCC.CCN(C)C1CCN(SC)CC1.NC(=O)c1cc(C2CC2)on1. The van der Waals surface area contributed by atoms with E-state index in [1.807, 2.05) is 25.8 Å². The number of unbranched alkanes of at least 4 members (excludes halogenated alkanes) is 1. The maximum atomic E-state index is 10.6. The van der Waals surface area contributed by atoms with Crippen LogP contribution in [-0.4, -0.2) is 59.2 Å². The Morgan fingerprint density at radius 2 is 1.68 bits per heavy atom. The molecule has 1 aliphatic carbocycles. The molecule has 1 atom stereocenters. The van der Waals surface area contributed by atoms with Crippen molar-refractivity contribution in [2.24, 2.45) is 11.7 Å². The van der Waals surface area contributed by atoms with Gasteiger partial charge in [-0.15, -0.1) is 0 Å². The molecule has 1 aliphatic heterocycles. The highest BCUT2D eigenvalue weighted by Crippen LogP contribution is 2.40. The third-order valence-corrected chi connectivity index (χ3v) is 7.28. The number of primary amides is 1. The summed E-state index contributed by atoms with van der Waals surface area (Å²) in [6, 6.07) is 2.46. The number of rotatable bonds is 10. The van der Waals surface area contributed by atoms with E-state index in [1.54, 1.807) is 6.07 Å². The zero-order valence-electron chi connectivity index (χ0n) is 26.1. The quantitative estimate of drug-likeness (QED) is 0.299. The van der Waals surface area contributed by atoms with Gasteiger partial charge in [0, 0.05) is 31.1 Å². The van der Waals surface area contributed by atoms with Gasteiger partial charge in [-0.2, -0.15) is 0 Å². The molecule has 7 heteroatoms. The van der Waals surface area contributed by atoms with E-state index >= 15 is 0 Å². The monoisotopic (exact) mass is 542 g/mol. The fourth-order valence-electron chi connectivity index (χ4n) is 3.88. The van der Waals surface area contributed by atoms with Gasteiger partial charge in [0.05, 0.1) is 0 Å². The molecule has 2 heterocycles. The molecule has 1 amide bonds. The van der Waals surface area contributed by atoms with Crippen LogP contribution in [0.1, 0.15) is 142 Å². The molecule has 2 aliphatic rings. The normalized spacial score (nSPS) is 16.1. The molecule has 1 saturated heterocycles. The molecule has 0 spiro atoms. The smallest absolute Gasteiger partial charge is 0.270 e. The standard InChI is InChI=1S/C9H20N2S.C9H20.C7H8N2O2.C3H8.C2H6/c1-4-10(2)9-5-7-11(12-3)8-6-9;1-4-6-8-9(3)7-5-2;8-7(10)5-3-6(11-9-5)4-1-2-4;1-3-2;1-2/h9H,4-8H2,1-3H3;9H,4-8H2,1-3H3;3-4H,1-2H2,(H2,8,10);3H2,1-2H3;1-2H3/t;9-;;;/m.1.../s1. The lowest BCUT2D eigenvalue weighted by molar-refractivity contribution is 0.0991. The van der Waals surface area contributed by atoms with Gasteiger partial charge in [-0.3, -0.25) is 9.10 Å². The number of aromatic nitrogens is 1. The van der Waals surface area contributed by atoms with Crippen molar-refractivity contribution < 1.29 is 9.32 Å². The summed E-state index contributed by atoms with van der Waals surface area (Å²) in [5.41, 5.74) is 5.21. The van der Waals surface area contributed by atoms with E-state index in [1.165, 1.54) is 71.0 Å². The molecule has 1 aromatic rings. The summed E-state index contributed by atoms with van der Waals surface area (Å²) in [6.07, 6.45) is 15.3. The van der Waals surface area contributed by atoms with Crippen molar-refractivity contribution in [2.75, 3.05) is 32.9 Å². The number of nitrogens with zero attached hydrogens (tertiary/aromatic N) is 3. The van der Waals surface area contributed by atoms with E-state index in [-0.39, 0.29) is 5.69 Å². The van der Waals surface area contributed by atoms with Gasteiger partial charge in [0.25, 0.3) is 5.91 Å². The second-order valence-corrected chi connectivity index (χ2v) is 10.8. The van der Waals surface area contributed by atoms with Gasteiger partial charge in [0.15, 0.2) is 5.69 Å². The molecule has 0 bridgehead atoms. The van der Waals surface area contributed by atoms with Crippen LogP contribution in [0, 0.1) is 5.92 Å². The molecule has 3 rings (SSSR count). The van der Waals surface area contributed by atoms with Crippen molar-refractivity contribution in [1.29, 1.82) is 0 Å². The molecular weight excluding hydrogens is 480 g/mol. The van der Waals surface area contributed by atoms with Crippen molar-refractivity contribution in [3.63, 3.8) is 0 Å². The molecule has 0 aromatic carbocycles. The molecule has 0 unspecified atom stereocenters. The maximum absolute atomic E-state index is 10.6. The lowest BCUT2D eigenvalue weighted by Gasteiger charge is -2.35. The second-order valence-electron chi connectivity index (χ2n) is 9.91. The lowest BCUT2D eigenvalue weighted by atomic mass is 10.00. The fourth-order valence-corrected chi connectivity index (χ4v) is 4.46. The number of hydrogen-bond donors (Lipinski definition) is 1. The molecule has 0 radical (unpaired) electrons. The van der Waals surface area contributed by atoms with Gasteiger partial charge in [-0.25, -0.2) is 0 Å². The van der Waals surface area contributed by atoms with Crippen LogP contribution in [0.25, 0.3) is 0 Å². The van der Waals surface area contributed by atoms with Gasteiger partial charge < -0.3 is 15.2 Å². The Hall–Kier alpha value is -1.05. The number of nitrogens with two attached hydrogens (primary N) is 1. The summed E-state index contributed by atoms with van der Waals surface area (Å²) >= 11 is 1.88. The molecule has 6 nitrogen and oxygen atoms in total. The number of amides is 1. The number of carbonyl (C=O) groups is 1. The highest BCUT2D eigenvalue weighted by atomic mass is 32.2. The molecule has 2 N–H and O–H groups in total. The Morgan fingerprint density at radius 1 is 1.11 bits per heavy atom. The first-order valence-electron chi connectivity index (χ1n) is 15.0. The first-order chi connectivity index (χ1) is 17.8. The summed E-state index contributed by atoms with van der Waals surface area (Å²) in [5.74, 6) is 1.71. The third-order valence-electron chi connectivity index (χ3n) is 6.40. The van der Waals surface area contributed by atoms with Gasteiger partial charge in [-0.05, 0) is 51.4 Å². The topological polar surface area (TPSA) is 75.6 Å². The summed E-state index contributed by atoms with van der Waals surface area (Å²) < 4.78 is 7.36. The second kappa shape index (κ2) is 25.2. The first-order valence-corrected chi connectivity index (χ1v) is 16.2. The number of hydrogen-bond acceptors (Lipinski definition) is 6. The van der Waals surface area contributed by atoms with E-state index in [0.717, 1.165) is 30.6 Å². The maximum Gasteiger partial charge on any atom is 0.270 e. The van der Waals surface area contributed by atoms with Crippen LogP contribution in [0.2, 0.25) is 0 Å². The van der Waals surface area contributed by atoms with Gasteiger partial charge in [0.1, 0.15) is 5.76 Å². The highest BCUT2D eigenvalue weighted by Gasteiger charge is 2.28. The first kappa shape index (κ1) is 38.1. The Kier molecular flexibility index (Phi) is 26.0. The molecule has 2 fully saturated rings. The van der Waals surface area contributed by atoms with E-state index in [9.17, 15) is 4.79 Å². The summed E-state index contributed by atoms with van der Waals surface area (Å²) in [4.78, 5) is 13.0. The Bertz CT molecular complexity index is 629. The molecule has 1 saturated carbocycles. The predicted octanol–water partition coefficient (Wildman–Crippen LogP) is 8.39. The minimum Gasteiger partial charge on any atom is -0.364 e. The van der Waals surface area contributed by atoms with Crippen LogP contribution >= 0.6 is 11.9 Å². The Labute approximate surface area is 235 Å². The number of carbonyl (C=O) groups excluding carboxylic acids is 1. The average molecular weight is 543 g/mol. The van der Waals surface area contributed by atoms with Crippen LogP contribution in [0.5, 0.6) is 0 Å². The largest absolute Gasteiger partial charge is 0.364 e. The summed E-state index contributed by atoms with van der Waals surface area (Å²) in [6.45, 7) is 21.1. The van der Waals surface area contributed by atoms with Crippen LogP contribution in [-0.2, 0) is 0 Å². The summed E-state index contributed by atoms with van der Waals surface area (Å²) in [7, 11) is 2.24. The minimum atomic E-state index is -0.527. The van der Waals surface area contributed by atoms with Crippen LogP contribution in [0.4, 0.5) is 0 Å².